The molecule has 0 radical (unpaired) electrons. The van der Waals surface area contributed by atoms with E-state index in [0.29, 0.717) is 13.4 Å². The SMILES string of the molecule is C[Si](C)(C)CCOCOCc1cccc(-c2cccs2)n1. The number of aromatic nitrogens is 1. The number of nitrogens with zero attached hydrogens (tertiary/aromatic N) is 1. The Labute approximate surface area is 132 Å². The Hall–Kier alpha value is -1.01. The highest BCUT2D eigenvalue weighted by molar-refractivity contribution is 7.13. The summed E-state index contributed by atoms with van der Waals surface area (Å²) in [6, 6.07) is 11.3. The Morgan fingerprint density at radius 2 is 1.95 bits per heavy atom. The van der Waals surface area contributed by atoms with Crippen molar-refractivity contribution < 1.29 is 9.47 Å². The molecule has 21 heavy (non-hydrogen) atoms. The fraction of sp³-hybridized carbons (Fsp3) is 0.438. The third-order valence-corrected chi connectivity index (χ3v) is 5.59. The molecule has 2 aromatic heterocycles. The van der Waals surface area contributed by atoms with Gasteiger partial charge in [-0.15, -0.1) is 11.3 Å². The van der Waals surface area contributed by atoms with Crippen LogP contribution in [-0.4, -0.2) is 26.5 Å². The van der Waals surface area contributed by atoms with E-state index in [1.54, 1.807) is 11.3 Å². The normalized spacial score (nSPS) is 11.8. The van der Waals surface area contributed by atoms with Crippen molar-refractivity contribution in [1.29, 1.82) is 0 Å². The van der Waals surface area contributed by atoms with Gasteiger partial charge in [0.2, 0.25) is 0 Å². The highest BCUT2D eigenvalue weighted by atomic mass is 32.1. The summed E-state index contributed by atoms with van der Waals surface area (Å²) in [5.74, 6) is 0. The summed E-state index contributed by atoms with van der Waals surface area (Å²) in [5.41, 5.74) is 1.94. The first kappa shape index (κ1) is 16.4. The quantitative estimate of drug-likeness (QED) is 0.403. The molecular weight excluding hydrogens is 298 g/mol. The number of hydrogen-bond donors (Lipinski definition) is 0. The third kappa shape index (κ3) is 6.09. The lowest BCUT2D eigenvalue weighted by molar-refractivity contribution is -0.0582. The minimum atomic E-state index is -1.01. The highest BCUT2D eigenvalue weighted by Crippen LogP contribution is 2.22. The van der Waals surface area contributed by atoms with Crippen molar-refractivity contribution in [2.24, 2.45) is 0 Å². The van der Waals surface area contributed by atoms with Crippen molar-refractivity contribution in [2.45, 2.75) is 32.3 Å². The maximum Gasteiger partial charge on any atom is 0.147 e. The molecule has 0 N–H and O–H groups in total. The third-order valence-electron chi connectivity index (χ3n) is 2.99. The summed E-state index contributed by atoms with van der Waals surface area (Å²) in [6.45, 7) is 8.66. The van der Waals surface area contributed by atoms with Crippen molar-refractivity contribution >= 4 is 19.4 Å². The Morgan fingerprint density at radius 3 is 2.67 bits per heavy atom. The van der Waals surface area contributed by atoms with E-state index in [9.17, 15) is 0 Å². The topological polar surface area (TPSA) is 31.4 Å². The van der Waals surface area contributed by atoms with E-state index in [0.717, 1.165) is 18.0 Å². The number of ether oxygens (including phenoxy) is 2. The zero-order valence-corrected chi connectivity index (χ0v) is 14.8. The zero-order chi connectivity index (χ0) is 15.1. The van der Waals surface area contributed by atoms with Crippen LogP contribution in [0.1, 0.15) is 5.69 Å². The van der Waals surface area contributed by atoms with Crippen LogP contribution in [0.3, 0.4) is 0 Å². The van der Waals surface area contributed by atoms with Gasteiger partial charge in [-0.25, -0.2) is 4.98 Å². The van der Waals surface area contributed by atoms with E-state index in [1.165, 1.54) is 10.9 Å². The second-order valence-electron chi connectivity index (χ2n) is 6.18. The van der Waals surface area contributed by atoms with E-state index < -0.39 is 8.07 Å². The average molecular weight is 322 g/mol. The van der Waals surface area contributed by atoms with Gasteiger partial charge >= 0.3 is 0 Å². The van der Waals surface area contributed by atoms with Crippen LogP contribution in [0.5, 0.6) is 0 Å². The smallest absolute Gasteiger partial charge is 0.147 e. The fourth-order valence-corrected chi connectivity index (χ4v) is 3.22. The standard InChI is InChI=1S/C16H23NO2SSi/c1-21(2,3)11-9-18-13-19-12-14-6-4-7-15(17-14)16-8-5-10-20-16/h4-8,10H,9,11-13H2,1-3H3. The van der Waals surface area contributed by atoms with Gasteiger partial charge in [-0.3, -0.25) is 0 Å². The molecule has 0 saturated heterocycles. The van der Waals surface area contributed by atoms with Gasteiger partial charge in [0.25, 0.3) is 0 Å². The van der Waals surface area contributed by atoms with E-state index >= 15 is 0 Å². The molecule has 0 aliphatic carbocycles. The maximum atomic E-state index is 5.54. The minimum Gasteiger partial charge on any atom is -0.356 e. The summed E-state index contributed by atoms with van der Waals surface area (Å²) in [4.78, 5) is 5.79. The van der Waals surface area contributed by atoms with Crippen LogP contribution in [0.15, 0.2) is 35.7 Å². The van der Waals surface area contributed by atoms with Crippen LogP contribution in [0.4, 0.5) is 0 Å². The second-order valence-corrected chi connectivity index (χ2v) is 12.7. The Kier molecular flexibility index (Phi) is 6.11. The first-order chi connectivity index (χ1) is 10.0. The van der Waals surface area contributed by atoms with Gasteiger partial charge < -0.3 is 9.47 Å². The summed E-state index contributed by atoms with van der Waals surface area (Å²) in [6.07, 6.45) is 0. The molecule has 0 aliphatic heterocycles. The Morgan fingerprint density at radius 1 is 1.10 bits per heavy atom. The van der Waals surface area contributed by atoms with Gasteiger partial charge in [0.05, 0.1) is 22.9 Å². The lowest BCUT2D eigenvalue weighted by Crippen LogP contribution is -2.22. The zero-order valence-electron chi connectivity index (χ0n) is 13.0. The first-order valence-corrected chi connectivity index (χ1v) is 11.8. The summed E-state index contributed by atoms with van der Waals surface area (Å²) >= 11 is 1.70. The summed E-state index contributed by atoms with van der Waals surface area (Å²) in [7, 11) is -1.01. The molecule has 2 rings (SSSR count). The number of pyridine rings is 1. The van der Waals surface area contributed by atoms with Crippen molar-refractivity contribution in [3.05, 3.63) is 41.4 Å². The van der Waals surface area contributed by atoms with Crippen molar-refractivity contribution in [1.82, 2.24) is 4.98 Å². The van der Waals surface area contributed by atoms with Crippen LogP contribution in [0.25, 0.3) is 10.6 Å². The van der Waals surface area contributed by atoms with Gasteiger partial charge in [0, 0.05) is 14.7 Å². The molecule has 114 valence electrons. The molecule has 2 aromatic rings. The minimum absolute atomic E-state index is 0.343. The van der Waals surface area contributed by atoms with Gasteiger partial charge in [-0.05, 0) is 29.6 Å². The molecule has 0 atom stereocenters. The van der Waals surface area contributed by atoms with Crippen LogP contribution < -0.4 is 0 Å². The van der Waals surface area contributed by atoms with Gasteiger partial charge in [-0.2, -0.15) is 0 Å². The van der Waals surface area contributed by atoms with Crippen LogP contribution in [0, 0.1) is 0 Å². The molecule has 0 aliphatic rings. The van der Waals surface area contributed by atoms with Gasteiger partial charge in [0.15, 0.2) is 0 Å². The van der Waals surface area contributed by atoms with E-state index in [1.807, 2.05) is 24.3 Å². The predicted octanol–water partition coefficient (Wildman–Crippen LogP) is 4.64. The van der Waals surface area contributed by atoms with Crippen LogP contribution in [0.2, 0.25) is 25.7 Å². The molecule has 0 fully saturated rings. The van der Waals surface area contributed by atoms with E-state index in [4.69, 9.17) is 9.47 Å². The first-order valence-electron chi connectivity index (χ1n) is 7.20. The summed E-state index contributed by atoms with van der Waals surface area (Å²) < 4.78 is 11.1. The molecule has 0 spiro atoms. The maximum absolute atomic E-state index is 5.54. The number of thiophene rings is 1. The number of hydrogen-bond acceptors (Lipinski definition) is 4. The number of rotatable bonds is 8. The Balaban J connectivity index is 1.73. The van der Waals surface area contributed by atoms with Crippen LogP contribution >= 0.6 is 11.3 Å². The average Bonchev–Trinajstić information content (AvgIpc) is 2.96. The van der Waals surface area contributed by atoms with Gasteiger partial charge in [-0.1, -0.05) is 31.8 Å². The van der Waals surface area contributed by atoms with E-state index in [-0.39, 0.29) is 0 Å². The van der Waals surface area contributed by atoms with Crippen molar-refractivity contribution in [2.75, 3.05) is 13.4 Å². The lowest BCUT2D eigenvalue weighted by atomic mass is 10.3. The van der Waals surface area contributed by atoms with Gasteiger partial charge in [0.1, 0.15) is 6.79 Å². The molecule has 0 aromatic carbocycles. The molecule has 0 unspecified atom stereocenters. The molecule has 0 amide bonds. The lowest BCUT2D eigenvalue weighted by Gasteiger charge is -2.15. The second kappa shape index (κ2) is 7.84. The predicted molar refractivity (Wildman–Crippen MR) is 91.3 cm³/mol. The van der Waals surface area contributed by atoms with Crippen molar-refractivity contribution in [3.63, 3.8) is 0 Å². The molecule has 0 saturated carbocycles. The Bertz CT molecular complexity index is 537. The molecule has 0 bridgehead atoms. The van der Waals surface area contributed by atoms with E-state index in [2.05, 4.69) is 36.1 Å². The molecular formula is C16H23NO2SSi. The largest absolute Gasteiger partial charge is 0.356 e. The van der Waals surface area contributed by atoms with Crippen LogP contribution in [-0.2, 0) is 16.1 Å². The molecule has 2 heterocycles. The molecule has 3 nitrogen and oxygen atoms in total. The summed E-state index contributed by atoms with van der Waals surface area (Å²) in [5, 5.41) is 2.06. The highest BCUT2D eigenvalue weighted by Gasteiger charge is 2.11. The molecule has 5 heteroatoms. The van der Waals surface area contributed by atoms with Crippen molar-refractivity contribution in [3.8, 4) is 10.6 Å². The monoisotopic (exact) mass is 321 g/mol. The fourth-order valence-electron chi connectivity index (χ4n) is 1.76.